The largest absolute Gasteiger partial charge is 0.463 e. The lowest BCUT2D eigenvalue weighted by molar-refractivity contribution is 0.0846. The third kappa shape index (κ3) is 4.29. The molecule has 1 saturated heterocycles. The van der Waals surface area contributed by atoms with Crippen molar-refractivity contribution in [3.05, 3.63) is 10.5 Å². The van der Waals surface area contributed by atoms with Gasteiger partial charge in [-0.2, -0.15) is 9.97 Å². The molecule has 3 rings (SSSR count). The van der Waals surface area contributed by atoms with Crippen LogP contribution in [0.2, 0.25) is 0 Å². The summed E-state index contributed by atoms with van der Waals surface area (Å²) in [5.74, 6) is 0.646. The molecule has 0 aromatic carbocycles. The molecule has 138 valence electrons. The first-order valence-corrected chi connectivity index (χ1v) is 8.73. The van der Waals surface area contributed by atoms with E-state index in [-0.39, 0.29) is 17.5 Å². The maximum atomic E-state index is 12.2. The number of hydrogen-bond acceptors (Lipinski definition) is 7. The van der Waals surface area contributed by atoms with Crippen LogP contribution in [0.5, 0.6) is 6.01 Å². The Balaban J connectivity index is 1.67. The van der Waals surface area contributed by atoms with Crippen LogP contribution in [0.25, 0.3) is 11.2 Å². The van der Waals surface area contributed by atoms with Crippen LogP contribution in [0.3, 0.4) is 0 Å². The second-order valence-corrected chi connectivity index (χ2v) is 6.18. The van der Waals surface area contributed by atoms with E-state index in [4.69, 9.17) is 19.9 Å². The van der Waals surface area contributed by atoms with Gasteiger partial charge in [-0.3, -0.25) is 4.57 Å². The number of aromatic nitrogens is 4. The molecular formula is C16H25N5O4. The molecule has 1 unspecified atom stereocenters. The monoisotopic (exact) mass is 351 g/mol. The molecular weight excluding hydrogens is 326 g/mol. The first kappa shape index (κ1) is 17.7. The molecule has 1 aliphatic heterocycles. The van der Waals surface area contributed by atoms with Crippen molar-refractivity contribution < 1.29 is 14.2 Å². The van der Waals surface area contributed by atoms with Gasteiger partial charge in [-0.15, -0.1) is 0 Å². The number of unbranched alkanes of at least 4 members (excludes halogenated alkanes) is 1. The molecule has 0 amide bonds. The average Bonchev–Trinajstić information content (AvgIpc) is 3.21. The van der Waals surface area contributed by atoms with Crippen LogP contribution in [-0.4, -0.2) is 52.6 Å². The number of imidazole rings is 1. The summed E-state index contributed by atoms with van der Waals surface area (Å²) in [6.07, 6.45) is 2.94. The Hall–Kier alpha value is -2.13. The number of anilines is 1. The predicted octanol–water partition coefficient (Wildman–Crippen LogP) is 0.934. The molecule has 3 N–H and O–H groups in total. The topological polar surface area (TPSA) is 117 Å². The molecule has 0 spiro atoms. The zero-order valence-electron chi connectivity index (χ0n) is 14.5. The summed E-state index contributed by atoms with van der Waals surface area (Å²) in [6, 6.07) is 0.190. The highest BCUT2D eigenvalue weighted by atomic mass is 16.5. The van der Waals surface area contributed by atoms with Gasteiger partial charge < -0.3 is 24.9 Å². The number of nitrogens with zero attached hydrogens (tertiary/aromatic N) is 3. The van der Waals surface area contributed by atoms with Crippen LogP contribution in [0.4, 0.5) is 5.82 Å². The number of H-pyrrole nitrogens is 1. The van der Waals surface area contributed by atoms with Gasteiger partial charge in [-0.1, -0.05) is 13.3 Å². The van der Waals surface area contributed by atoms with Crippen molar-refractivity contribution in [1.82, 2.24) is 19.5 Å². The van der Waals surface area contributed by atoms with Gasteiger partial charge in [0.2, 0.25) is 0 Å². The van der Waals surface area contributed by atoms with E-state index in [0.717, 1.165) is 32.5 Å². The van der Waals surface area contributed by atoms with E-state index in [2.05, 4.69) is 21.9 Å². The van der Waals surface area contributed by atoms with Crippen molar-refractivity contribution in [2.45, 2.75) is 32.7 Å². The summed E-state index contributed by atoms with van der Waals surface area (Å²) in [7, 11) is 0. The van der Waals surface area contributed by atoms with Crippen LogP contribution in [0.15, 0.2) is 4.79 Å². The zero-order chi connectivity index (χ0) is 17.6. The fourth-order valence-corrected chi connectivity index (χ4v) is 2.73. The molecule has 1 aliphatic rings. The van der Waals surface area contributed by atoms with E-state index in [0.29, 0.717) is 43.4 Å². The number of hydrogen-bond donors (Lipinski definition) is 2. The van der Waals surface area contributed by atoms with Crippen LogP contribution in [0, 0.1) is 5.92 Å². The Morgan fingerprint density at radius 2 is 2.28 bits per heavy atom. The van der Waals surface area contributed by atoms with Crippen LogP contribution >= 0.6 is 0 Å². The van der Waals surface area contributed by atoms with Crippen molar-refractivity contribution in [3.8, 4) is 6.01 Å². The number of ether oxygens (including phenoxy) is 3. The van der Waals surface area contributed by atoms with Crippen LogP contribution in [-0.2, 0) is 16.0 Å². The fraction of sp³-hybridized carbons (Fsp3) is 0.688. The Bertz CT molecular complexity index is 751. The van der Waals surface area contributed by atoms with Crippen molar-refractivity contribution in [3.63, 3.8) is 0 Å². The minimum atomic E-state index is -0.283. The number of rotatable bonds is 9. The van der Waals surface area contributed by atoms with E-state index >= 15 is 0 Å². The predicted molar refractivity (Wildman–Crippen MR) is 92.7 cm³/mol. The molecule has 9 nitrogen and oxygen atoms in total. The second kappa shape index (κ2) is 8.30. The van der Waals surface area contributed by atoms with Gasteiger partial charge in [0.15, 0.2) is 11.5 Å². The molecule has 0 aliphatic carbocycles. The van der Waals surface area contributed by atoms with Crippen LogP contribution < -0.4 is 16.2 Å². The molecule has 0 radical (unpaired) electrons. The smallest absolute Gasteiger partial charge is 0.327 e. The van der Waals surface area contributed by atoms with E-state index in [1.807, 2.05) is 0 Å². The highest BCUT2D eigenvalue weighted by Crippen LogP contribution is 2.18. The number of nitrogens with two attached hydrogens (primary N) is 1. The van der Waals surface area contributed by atoms with Crippen molar-refractivity contribution in [1.29, 1.82) is 0 Å². The first-order valence-electron chi connectivity index (χ1n) is 8.73. The normalized spacial score (nSPS) is 17.4. The maximum absolute atomic E-state index is 12.2. The second-order valence-electron chi connectivity index (χ2n) is 6.18. The molecule has 0 bridgehead atoms. The van der Waals surface area contributed by atoms with E-state index < -0.39 is 0 Å². The number of fused-ring (bicyclic) bond motifs is 1. The average molecular weight is 351 g/mol. The summed E-state index contributed by atoms with van der Waals surface area (Å²) in [5, 5.41) is 0. The first-order chi connectivity index (χ1) is 12.2. The van der Waals surface area contributed by atoms with Crippen molar-refractivity contribution in [2.75, 3.05) is 38.8 Å². The van der Waals surface area contributed by atoms with Crippen molar-refractivity contribution in [2.24, 2.45) is 5.92 Å². The van der Waals surface area contributed by atoms with Crippen molar-refractivity contribution >= 4 is 17.0 Å². The molecule has 1 fully saturated rings. The summed E-state index contributed by atoms with van der Waals surface area (Å²) in [5.41, 5.74) is 6.51. The quantitative estimate of drug-likeness (QED) is 0.645. The lowest BCUT2D eigenvalue weighted by Gasteiger charge is -2.09. The van der Waals surface area contributed by atoms with Crippen LogP contribution in [0.1, 0.15) is 26.2 Å². The Kier molecular flexibility index (Phi) is 5.87. The number of nitrogens with one attached hydrogen (secondary N) is 1. The molecule has 0 saturated carbocycles. The van der Waals surface area contributed by atoms with E-state index in [1.54, 1.807) is 0 Å². The summed E-state index contributed by atoms with van der Waals surface area (Å²) in [4.78, 5) is 23.3. The van der Waals surface area contributed by atoms with Gasteiger partial charge in [0.25, 0.3) is 0 Å². The molecule has 2 aromatic heterocycles. The minimum absolute atomic E-state index is 0.190. The van der Waals surface area contributed by atoms with Gasteiger partial charge in [0.1, 0.15) is 5.52 Å². The van der Waals surface area contributed by atoms with Gasteiger partial charge in [-0.25, -0.2) is 4.79 Å². The lowest BCUT2D eigenvalue weighted by Crippen LogP contribution is -2.21. The molecule has 3 heterocycles. The minimum Gasteiger partial charge on any atom is -0.463 e. The third-order valence-corrected chi connectivity index (χ3v) is 4.20. The fourth-order valence-electron chi connectivity index (χ4n) is 2.73. The summed E-state index contributed by atoms with van der Waals surface area (Å²) in [6.45, 7) is 5.57. The SMILES string of the molecule is CCCCOc1nc(N)c2[nH]c(=O)n(CCOCC3CCOC3)c2n1. The van der Waals surface area contributed by atoms with Gasteiger partial charge in [0.05, 0.1) is 33.0 Å². The molecule has 9 heteroatoms. The zero-order valence-corrected chi connectivity index (χ0v) is 14.5. The maximum Gasteiger partial charge on any atom is 0.327 e. The lowest BCUT2D eigenvalue weighted by atomic mass is 10.1. The van der Waals surface area contributed by atoms with Gasteiger partial charge in [0, 0.05) is 12.5 Å². The highest BCUT2D eigenvalue weighted by molar-refractivity contribution is 5.81. The number of aromatic amines is 1. The van der Waals surface area contributed by atoms with Gasteiger partial charge >= 0.3 is 11.7 Å². The molecule has 25 heavy (non-hydrogen) atoms. The summed E-state index contributed by atoms with van der Waals surface area (Å²) < 4.78 is 18.0. The number of nitrogen functional groups attached to an aromatic ring is 1. The summed E-state index contributed by atoms with van der Waals surface area (Å²) >= 11 is 0. The van der Waals surface area contributed by atoms with E-state index in [9.17, 15) is 4.79 Å². The Morgan fingerprint density at radius 1 is 1.40 bits per heavy atom. The Morgan fingerprint density at radius 3 is 3.04 bits per heavy atom. The highest BCUT2D eigenvalue weighted by Gasteiger charge is 2.17. The van der Waals surface area contributed by atoms with Gasteiger partial charge in [-0.05, 0) is 12.8 Å². The Labute approximate surface area is 145 Å². The standard InChI is InChI=1S/C16H25N5O4/c1-2-3-6-25-15-19-13(17)12-14(20-15)21(16(22)18-12)5-8-24-10-11-4-7-23-9-11/h11H,2-10H2,1H3,(H,18,22)(H2,17,19,20). The molecule has 2 aromatic rings. The molecule has 1 atom stereocenters. The third-order valence-electron chi connectivity index (χ3n) is 4.20. The van der Waals surface area contributed by atoms with E-state index in [1.165, 1.54) is 4.57 Å².